The minimum atomic E-state index is -0.181. The molecule has 0 radical (unpaired) electrons. The van der Waals surface area contributed by atoms with Crippen molar-refractivity contribution in [2.75, 3.05) is 44.6 Å². The molecule has 1 aromatic carbocycles. The van der Waals surface area contributed by atoms with Crippen LogP contribution in [0.5, 0.6) is 0 Å². The molecule has 2 heterocycles. The first-order chi connectivity index (χ1) is 14.1. The van der Waals surface area contributed by atoms with Crippen molar-refractivity contribution in [3.05, 3.63) is 52.2 Å². The lowest BCUT2D eigenvalue weighted by Crippen LogP contribution is -2.51. The van der Waals surface area contributed by atoms with Gasteiger partial charge in [0, 0.05) is 44.0 Å². The molecule has 1 aliphatic rings. The van der Waals surface area contributed by atoms with Crippen LogP contribution in [-0.2, 0) is 4.79 Å². The number of thiophene rings is 1. The molecule has 1 aliphatic heterocycles. The van der Waals surface area contributed by atoms with E-state index in [2.05, 4.69) is 15.5 Å². The van der Waals surface area contributed by atoms with Crippen molar-refractivity contribution in [1.29, 1.82) is 0 Å². The molecule has 2 N–H and O–H groups in total. The molecule has 8 heteroatoms. The van der Waals surface area contributed by atoms with Gasteiger partial charge in [0.05, 0.1) is 11.4 Å². The highest BCUT2D eigenvalue weighted by Gasteiger charge is 2.23. The lowest BCUT2D eigenvalue weighted by Gasteiger charge is -2.34. The van der Waals surface area contributed by atoms with E-state index in [9.17, 15) is 14.4 Å². The van der Waals surface area contributed by atoms with Crippen molar-refractivity contribution in [3.63, 3.8) is 0 Å². The van der Waals surface area contributed by atoms with Crippen LogP contribution >= 0.6 is 11.3 Å². The second-order valence-corrected chi connectivity index (χ2v) is 7.88. The van der Waals surface area contributed by atoms with Crippen LogP contribution in [-0.4, -0.2) is 66.8 Å². The van der Waals surface area contributed by atoms with E-state index >= 15 is 0 Å². The lowest BCUT2D eigenvalue weighted by atomic mass is 10.1. The topological polar surface area (TPSA) is 81.8 Å². The Balaban J connectivity index is 1.53. The summed E-state index contributed by atoms with van der Waals surface area (Å²) in [6.07, 6.45) is 0.918. The predicted molar refractivity (Wildman–Crippen MR) is 114 cm³/mol. The van der Waals surface area contributed by atoms with E-state index in [1.54, 1.807) is 35.2 Å². The second kappa shape index (κ2) is 10.2. The molecule has 1 fully saturated rings. The van der Waals surface area contributed by atoms with Crippen molar-refractivity contribution in [2.24, 2.45) is 0 Å². The number of carbonyl (C=O) groups excluding carboxylic acids is 3. The first-order valence-electron chi connectivity index (χ1n) is 9.80. The van der Waals surface area contributed by atoms with E-state index in [0.29, 0.717) is 55.4 Å². The Kier molecular flexibility index (Phi) is 7.37. The van der Waals surface area contributed by atoms with Crippen LogP contribution in [0.2, 0.25) is 0 Å². The summed E-state index contributed by atoms with van der Waals surface area (Å²) in [6, 6.07) is 10.6. The minimum Gasteiger partial charge on any atom is -0.355 e. The Morgan fingerprint density at radius 2 is 1.86 bits per heavy atom. The van der Waals surface area contributed by atoms with Gasteiger partial charge >= 0.3 is 0 Å². The van der Waals surface area contributed by atoms with Crippen molar-refractivity contribution in [3.8, 4) is 0 Å². The number of anilines is 1. The van der Waals surface area contributed by atoms with Crippen LogP contribution in [0, 0.1) is 0 Å². The van der Waals surface area contributed by atoms with Gasteiger partial charge < -0.3 is 15.5 Å². The summed E-state index contributed by atoms with van der Waals surface area (Å²) in [6.45, 7) is 5.56. The van der Waals surface area contributed by atoms with Gasteiger partial charge in [0.15, 0.2) is 0 Å². The highest BCUT2D eigenvalue weighted by atomic mass is 32.1. The largest absolute Gasteiger partial charge is 0.355 e. The number of benzene rings is 1. The third-order valence-corrected chi connectivity index (χ3v) is 5.58. The predicted octanol–water partition coefficient (Wildman–Crippen LogP) is 2.28. The van der Waals surface area contributed by atoms with Gasteiger partial charge in [-0.2, -0.15) is 0 Å². The Morgan fingerprint density at radius 1 is 1.07 bits per heavy atom. The molecule has 2 aromatic rings. The fraction of sp³-hybridized carbons (Fsp3) is 0.381. The molecule has 1 aromatic heterocycles. The van der Waals surface area contributed by atoms with Crippen molar-refractivity contribution < 1.29 is 14.4 Å². The highest BCUT2D eigenvalue weighted by molar-refractivity contribution is 7.12. The molecule has 154 valence electrons. The molecular formula is C21H26N4O3S. The van der Waals surface area contributed by atoms with E-state index < -0.39 is 0 Å². The Morgan fingerprint density at radius 3 is 2.55 bits per heavy atom. The van der Waals surface area contributed by atoms with Crippen LogP contribution in [0.1, 0.15) is 33.4 Å². The van der Waals surface area contributed by atoms with E-state index in [0.717, 1.165) is 6.42 Å². The van der Waals surface area contributed by atoms with E-state index in [1.807, 2.05) is 18.4 Å². The standard InChI is InChI=1S/C21H26N4O3S/c1-2-8-22-19(26)15-24-9-11-25(12-10-24)21(28)16-5-3-6-17(14-16)23-20(27)18-7-4-13-29-18/h3-7,13-14H,2,8-12,15H2,1H3,(H,22,26)(H,23,27). The number of amides is 3. The molecule has 3 rings (SSSR count). The van der Waals surface area contributed by atoms with Crippen molar-refractivity contribution >= 4 is 34.7 Å². The SMILES string of the molecule is CCCNC(=O)CN1CCN(C(=O)c2cccc(NC(=O)c3cccs3)c2)CC1. The summed E-state index contributed by atoms with van der Waals surface area (Å²) in [4.78, 5) is 41.4. The molecule has 0 atom stereocenters. The monoisotopic (exact) mass is 414 g/mol. The van der Waals surface area contributed by atoms with E-state index in [4.69, 9.17) is 0 Å². The van der Waals surface area contributed by atoms with Gasteiger partial charge in [-0.25, -0.2) is 0 Å². The molecule has 29 heavy (non-hydrogen) atoms. The number of hydrogen-bond donors (Lipinski definition) is 2. The third-order valence-electron chi connectivity index (χ3n) is 4.71. The summed E-state index contributed by atoms with van der Waals surface area (Å²) in [7, 11) is 0. The van der Waals surface area contributed by atoms with Gasteiger partial charge in [0.1, 0.15) is 0 Å². The van der Waals surface area contributed by atoms with Gasteiger partial charge in [0.2, 0.25) is 5.91 Å². The first kappa shape index (κ1) is 21.0. The number of nitrogens with one attached hydrogen (secondary N) is 2. The number of carbonyl (C=O) groups is 3. The third kappa shape index (κ3) is 5.88. The van der Waals surface area contributed by atoms with Gasteiger partial charge in [-0.05, 0) is 36.1 Å². The smallest absolute Gasteiger partial charge is 0.265 e. The molecule has 1 saturated heterocycles. The van der Waals surface area contributed by atoms with E-state index in [-0.39, 0.29) is 17.7 Å². The average molecular weight is 415 g/mol. The number of hydrogen-bond acceptors (Lipinski definition) is 5. The maximum atomic E-state index is 12.9. The summed E-state index contributed by atoms with van der Waals surface area (Å²) in [5, 5.41) is 7.56. The Hall–Kier alpha value is -2.71. The van der Waals surface area contributed by atoms with Crippen LogP contribution in [0.25, 0.3) is 0 Å². The number of nitrogens with zero attached hydrogens (tertiary/aromatic N) is 2. The van der Waals surface area contributed by atoms with Crippen LogP contribution in [0.3, 0.4) is 0 Å². The maximum Gasteiger partial charge on any atom is 0.265 e. The van der Waals surface area contributed by atoms with Crippen molar-refractivity contribution in [2.45, 2.75) is 13.3 Å². The molecule has 0 bridgehead atoms. The molecule has 0 aliphatic carbocycles. The van der Waals surface area contributed by atoms with Crippen LogP contribution in [0.15, 0.2) is 41.8 Å². The Bertz CT molecular complexity index is 845. The van der Waals surface area contributed by atoms with Gasteiger partial charge in [-0.15, -0.1) is 11.3 Å². The Labute approximate surface area is 174 Å². The van der Waals surface area contributed by atoms with Crippen molar-refractivity contribution in [1.82, 2.24) is 15.1 Å². The van der Waals surface area contributed by atoms with Crippen LogP contribution in [0.4, 0.5) is 5.69 Å². The zero-order valence-corrected chi connectivity index (χ0v) is 17.3. The average Bonchev–Trinajstić information content (AvgIpc) is 3.28. The molecular weight excluding hydrogens is 388 g/mol. The quantitative estimate of drug-likeness (QED) is 0.728. The second-order valence-electron chi connectivity index (χ2n) is 6.93. The number of piperazine rings is 1. The fourth-order valence-electron chi connectivity index (χ4n) is 3.15. The molecule has 0 saturated carbocycles. The van der Waals surface area contributed by atoms with Gasteiger partial charge in [-0.3, -0.25) is 19.3 Å². The normalized spacial score (nSPS) is 14.4. The summed E-state index contributed by atoms with van der Waals surface area (Å²) >= 11 is 1.37. The van der Waals surface area contributed by atoms with Gasteiger partial charge in [0.25, 0.3) is 11.8 Å². The molecule has 7 nitrogen and oxygen atoms in total. The first-order valence-corrected chi connectivity index (χ1v) is 10.7. The summed E-state index contributed by atoms with van der Waals surface area (Å²) < 4.78 is 0. The zero-order chi connectivity index (χ0) is 20.6. The summed E-state index contributed by atoms with van der Waals surface area (Å²) in [5.41, 5.74) is 1.14. The highest BCUT2D eigenvalue weighted by Crippen LogP contribution is 2.17. The zero-order valence-electron chi connectivity index (χ0n) is 16.5. The summed E-state index contributed by atoms with van der Waals surface area (Å²) in [5.74, 6) is -0.215. The molecule has 0 spiro atoms. The lowest BCUT2D eigenvalue weighted by molar-refractivity contribution is -0.122. The molecule has 3 amide bonds. The van der Waals surface area contributed by atoms with Gasteiger partial charge in [-0.1, -0.05) is 19.1 Å². The number of rotatable bonds is 7. The fourth-order valence-corrected chi connectivity index (χ4v) is 3.76. The van der Waals surface area contributed by atoms with Crippen LogP contribution < -0.4 is 10.6 Å². The molecule has 0 unspecified atom stereocenters. The van der Waals surface area contributed by atoms with E-state index in [1.165, 1.54) is 11.3 Å². The maximum absolute atomic E-state index is 12.9. The minimum absolute atomic E-state index is 0.0285.